The first-order valence-corrected chi connectivity index (χ1v) is 17.5. The van der Waals surface area contributed by atoms with Crippen molar-refractivity contribution < 1.29 is 44.3 Å². The van der Waals surface area contributed by atoms with E-state index in [1.165, 1.54) is 30.4 Å². The predicted octanol–water partition coefficient (Wildman–Crippen LogP) is 4.98. The largest absolute Gasteiger partial charge is 0.507 e. The van der Waals surface area contributed by atoms with Crippen LogP contribution in [0.1, 0.15) is 12.8 Å². The molecule has 7 N–H and O–H groups in total. The van der Waals surface area contributed by atoms with E-state index in [1.807, 2.05) is 0 Å². The molecule has 1 amide bonds. The van der Waals surface area contributed by atoms with E-state index in [0.717, 1.165) is 29.7 Å². The van der Waals surface area contributed by atoms with Gasteiger partial charge in [-0.3, -0.25) is 13.9 Å². The number of azo groups is 1. The van der Waals surface area contributed by atoms with Gasteiger partial charge in [0.15, 0.2) is 9.84 Å². The summed E-state index contributed by atoms with van der Waals surface area (Å²) in [5.41, 5.74) is 5.39. The number of carbonyl (C=O) groups is 1. The molecule has 3 aromatic rings. The third-order valence-electron chi connectivity index (χ3n) is 6.16. The van der Waals surface area contributed by atoms with E-state index >= 15 is 0 Å². The lowest BCUT2D eigenvalue weighted by Crippen LogP contribution is -2.15. The summed E-state index contributed by atoms with van der Waals surface area (Å²) in [4.78, 5) is 11.1. The molecule has 0 aliphatic rings. The Morgan fingerprint density at radius 3 is 2.20 bits per heavy atom. The number of phenols is 1. The zero-order valence-electron chi connectivity index (χ0n) is 23.9. The van der Waals surface area contributed by atoms with Crippen molar-refractivity contribution in [3.63, 3.8) is 0 Å². The molecule has 0 radical (unpaired) electrons. The SMILES string of the molecule is C=C/C=C(\C=C)Nc1ccc2cc(S(=O)(=O)O)cc(O)c2c1N=Nc1cc(NC(=O)CCCS(=O)(=O)C=C)c(N)cc1S(=O)(=O)O. The standard InChI is InChI=1S/C28H29N5O10S3/c1-4-8-18(5-2)30-21-11-10-17-13-19(45(38,39)40)14-24(34)27(17)28(21)33-32-23-16-22(20(29)15-25(23)46(41,42)43)31-26(35)9-7-12-44(36,37)6-3/h4-6,8,10-11,13-16,30,34H,1-3,7,9,12,29H2,(H,31,35)(H,38,39,40)(H,41,42,43)/b18-8+,33-32?. The molecule has 0 spiro atoms. The minimum atomic E-state index is -4.97. The van der Waals surface area contributed by atoms with Crippen LogP contribution in [0.5, 0.6) is 5.75 Å². The Bertz CT molecular complexity index is 2140. The summed E-state index contributed by atoms with van der Waals surface area (Å²) >= 11 is 0. The molecule has 0 bridgehead atoms. The van der Waals surface area contributed by atoms with Crippen molar-refractivity contribution in [2.24, 2.45) is 10.2 Å². The fourth-order valence-electron chi connectivity index (χ4n) is 4.01. The van der Waals surface area contributed by atoms with E-state index in [2.05, 4.69) is 40.6 Å². The number of fused-ring (bicyclic) bond motifs is 1. The summed E-state index contributed by atoms with van der Waals surface area (Å²) < 4.78 is 90.5. The summed E-state index contributed by atoms with van der Waals surface area (Å²) in [6.07, 6.45) is 4.11. The lowest BCUT2D eigenvalue weighted by molar-refractivity contribution is -0.116. The number of aromatic hydroxyl groups is 1. The van der Waals surface area contributed by atoms with Crippen LogP contribution in [-0.2, 0) is 34.9 Å². The van der Waals surface area contributed by atoms with Crippen molar-refractivity contribution in [3.05, 3.63) is 85.5 Å². The summed E-state index contributed by atoms with van der Waals surface area (Å²) in [6.45, 7) is 10.5. The van der Waals surface area contributed by atoms with Crippen molar-refractivity contribution in [2.45, 2.75) is 22.6 Å². The summed E-state index contributed by atoms with van der Waals surface area (Å²) in [5.74, 6) is -1.65. The minimum absolute atomic E-state index is 0.0532. The molecule has 18 heteroatoms. The van der Waals surface area contributed by atoms with Gasteiger partial charge in [0.2, 0.25) is 5.91 Å². The molecule has 0 fully saturated rings. The second-order valence-electron chi connectivity index (χ2n) is 9.43. The molecule has 3 rings (SSSR count). The van der Waals surface area contributed by atoms with Gasteiger partial charge in [-0.15, -0.1) is 10.2 Å². The van der Waals surface area contributed by atoms with E-state index in [1.54, 1.807) is 0 Å². The molecular weight excluding hydrogens is 663 g/mol. The van der Waals surface area contributed by atoms with Gasteiger partial charge in [0.1, 0.15) is 22.0 Å². The first kappa shape index (κ1) is 35.6. The molecule has 0 saturated carbocycles. The van der Waals surface area contributed by atoms with E-state index in [-0.39, 0.29) is 52.1 Å². The number of hydrogen-bond donors (Lipinski definition) is 6. The van der Waals surface area contributed by atoms with E-state index in [4.69, 9.17) is 5.73 Å². The molecule has 3 aromatic carbocycles. The average Bonchev–Trinajstić information content (AvgIpc) is 2.96. The normalized spacial score (nSPS) is 12.6. The average molecular weight is 692 g/mol. The van der Waals surface area contributed by atoms with Gasteiger partial charge in [-0.25, -0.2) is 8.42 Å². The van der Waals surface area contributed by atoms with Gasteiger partial charge in [0.05, 0.1) is 33.1 Å². The van der Waals surface area contributed by atoms with Gasteiger partial charge in [0.25, 0.3) is 20.2 Å². The number of phenolic OH excluding ortho intramolecular Hbond substituents is 1. The molecule has 46 heavy (non-hydrogen) atoms. The third kappa shape index (κ3) is 8.86. The molecule has 0 aliphatic heterocycles. The molecule has 0 saturated heterocycles. The third-order valence-corrected chi connectivity index (χ3v) is 9.24. The van der Waals surface area contributed by atoms with Crippen molar-refractivity contribution in [1.82, 2.24) is 0 Å². The lowest BCUT2D eigenvalue weighted by Gasteiger charge is -2.14. The van der Waals surface area contributed by atoms with Crippen LogP contribution in [0.25, 0.3) is 10.8 Å². The highest BCUT2D eigenvalue weighted by Crippen LogP contribution is 2.43. The lowest BCUT2D eigenvalue weighted by atomic mass is 10.1. The number of nitrogens with one attached hydrogen (secondary N) is 2. The van der Waals surface area contributed by atoms with Gasteiger partial charge in [-0.1, -0.05) is 31.9 Å². The minimum Gasteiger partial charge on any atom is -0.507 e. The fourth-order valence-corrected chi connectivity index (χ4v) is 5.90. The smallest absolute Gasteiger partial charge is 0.296 e. The maximum Gasteiger partial charge on any atom is 0.296 e. The van der Waals surface area contributed by atoms with Crippen LogP contribution in [0, 0.1) is 0 Å². The Hall–Kier alpha value is -4.88. The number of rotatable bonds is 14. The van der Waals surface area contributed by atoms with Crippen LogP contribution < -0.4 is 16.4 Å². The topological polar surface area (TPSA) is 255 Å². The number of anilines is 3. The number of amides is 1. The molecule has 0 aliphatic carbocycles. The Balaban J connectivity index is 2.20. The van der Waals surface area contributed by atoms with Crippen molar-refractivity contribution >= 4 is 75.2 Å². The zero-order chi connectivity index (χ0) is 34.4. The quantitative estimate of drug-likeness (QED) is 0.0566. The number of carbonyl (C=O) groups excluding carboxylic acids is 1. The number of nitrogen functional groups attached to an aromatic ring is 1. The summed E-state index contributed by atoms with van der Waals surface area (Å²) in [6, 6.07) is 6.48. The van der Waals surface area contributed by atoms with Crippen LogP contribution >= 0.6 is 0 Å². The van der Waals surface area contributed by atoms with E-state index in [0.29, 0.717) is 5.70 Å². The second-order valence-corrected chi connectivity index (χ2v) is 14.3. The summed E-state index contributed by atoms with van der Waals surface area (Å²) in [7, 11) is -13.2. The van der Waals surface area contributed by atoms with Gasteiger partial charge in [-0.05, 0) is 48.2 Å². The highest BCUT2D eigenvalue weighted by molar-refractivity contribution is 7.94. The van der Waals surface area contributed by atoms with E-state index in [9.17, 15) is 44.3 Å². The molecule has 0 atom stereocenters. The number of sulfone groups is 1. The monoisotopic (exact) mass is 691 g/mol. The summed E-state index contributed by atoms with van der Waals surface area (Å²) in [5, 5.41) is 25.1. The van der Waals surface area contributed by atoms with Gasteiger partial charge < -0.3 is 21.5 Å². The molecule has 0 heterocycles. The maximum atomic E-state index is 12.5. The highest BCUT2D eigenvalue weighted by atomic mass is 32.2. The number of hydrogen-bond acceptors (Lipinski definition) is 12. The number of allylic oxidation sites excluding steroid dienone is 3. The molecule has 0 unspecified atom stereocenters. The predicted molar refractivity (Wildman–Crippen MR) is 174 cm³/mol. The fraction of sp³-hybridized carbons (Fsp3) is 0.107. The van der Waals surface area contributed by atoms with Crippen LogP contribution in [0.3, 0.4) is 0 Å². The number of nitrogens with two attached hydrogens (primary N) is 1. The van der Waals surface area contributed by atoms with Crippen LogP contribution in [-0.4, -0.2) is 51.1 Å². The Morgan fingerprint density at radius 2 is 1.61 bits per heavy atom. The molecule has 0 aromatic heterocycles. The van der Waals surface area contributed by atoms with E-state index < -0.39 is 57.2 Å². The number of nitrogens with zero attached hydrogens (tertiary/aromatic N) is 2. The molecule has 244 valence electrons. The Labute approximate surface area is 265 Å². The molecule has 15 nitrogen and oxygen atoms in total. The number of benzene rings is 3. The Morgan fingerprint density at radius 1 is 0.913 bits per heavy atom. The van der Waals surface area contributed by atoms with Gasteiger partial charge in [-0.2, -0.15) is 16.8 Å². The molecular formula is C28H29N5O10S3. The van der Waals surface area contributed by atoms with Crippen LogP contribution in [0.15, 0.2) is 105 Å². The van der Waals surface area contributed by atoms with Crippen molar-refractivity contribution in [2.75, 3.05) is 22.1 Å². The second kappa shape index (κ2) is 14.0. The van der Waals surface area contributed by atoms with Crippen LogP contribution in [0.2, 0.25) is 0 Å². The first-order valence-electron chi connectivity index (χ1n) is 12.9. The van der Waals surface area contributed by atoms with Crippen molar-refractivity contribution in [3.8, 4) is 5.75 Å². The Kier molecular flexibility index (Phi) is 10.9. The van der Waals surface area contributed by atoms with Gasteiger partial charge in [0, 0.05) is 23.6 Å². The van der Waals surface area contributed by atoms with Crippen LogP contribution in [0.4, 0.5) is 28.4 Å². The first-order chi connectivity index (χ1) is 21.4. The highest BCUT2D eigenvalue weighted by Gasteiger charge is 2.22. The van der Waals surface area contributed by atoms with Crippen molar-refractivity contribution in [1.29, 1.82) is 0 Å². The maximum absolute atomic E-state index is 12.5. The zero-order valence-corrected chi connectivity index (χ0v) is 26.4. The van der Waals surface area contributed by atoms with Gasteiger partial charge >= 0.3 is 0 Å².